The number of hydrogen-bond donors (Lipinski definition) is 4. The monoisotopic (exact) mass is 834 g/mol. The Hall–Kier alpha value is -5.70. The molecule has 4 N–H and O–H groups in total. The minimum atomic E-state index is -0.0816. The molecule has 2 atom stereocenters. The van der Waals surface area contributed by atoms with Crippen LogP contribution in [0, 0.1) is 13.8 Å². The Bertz CT molecular complexity index is 2230. The average molecular weight is 835 g/mol. The van der Waals surface area contributed by atoms with E-state index in [1.54, 1.807) is 24.3 Å². The fourth-order valence-corrected chi connectivity index (χ4v) is 9.18. The number of aromatic hydroxyl groups is 4. The molecular formula is C52H54N2O4S2. The number of aryl methyl sites for hydroxylation is 4. The zero-order valence-electron chi connectivity index (χ0n) is 34.4. The third-order valence-corrected chi connectivity index (χ3v) is 12.6. The molecule has 0 bridgehead atoms. The molecule has 2 unspecified atom stereocenters. The zero-order chi connectivity index (χ0) is 42.2. The minimum absolute atomic E-state index is 0.0478. The molecule has 6 aromatic rings. The summed E-state index contributed by atoms with van der Waals surface area (Å²) in [5.74, 6) is -0.284. The van der Waals surface area contributed by atoms with Crippen molar-refractivity contribution in [2.45, 2.75) is 77.3 Å². The van der Waals surface area contributed by atoms with Crippen molar-refractivity contribution in [3.8, 4) is 23.0 Å². The van der Waals surface area contributed by atoms with Gasteiger partial charge in [-0.2, -0.15) is 0 Å². The van der Waals surface area contributed by atoms with Crippen LogP contribution in [0.25, 0.3) is 0 Å². The molecule has 2 aliphatic heterocycles. The predicted molar refractivity (Wildman–Crippen MR) is 250 cm³/mol. The number of rotatable bonds is 10. The second-order valence-electron chi connectivity index (χ2n) is 16.1. The van der Waals surface area contributed by atoms with Gasteiger partial charge in [0, 0.05) is 13.1 Å². The highest BCUT2D eigenvalue weighted by Gasteiger charge is 2.32. The Kier molecular flexibility index (Phi) is 13.8. The van der Waals surface area contributed by atoms with E-state index in [-0.39, 0.29) is 35.1 Å². The fourth-order valence-electron chi connectivity index (χ4n) is 8.50. The molecule has 8 rings (SSSR count). The highest BCUT2D eigenvalue weighted by atomic mass is 32.1. The van der Waals surface area contributed by atoms with Crippen LogP contribution in [-0.2, 0) is 25.7 Å². The number of fused-ring (bicyclic) bond motifs is 2. The molecule has 8 heteroatoms. The lowest BCUT2D eigenvalue weighted by atomic mass is 9.87. The third-order valence-electron chi connectivity index (χ3n) is 11.8. The Balaban J connectivity index is 0.000000181. The summed E-state index contributed by atoms with van der Waals surface area (Å²) < 4.78 is 0. The van der Waals surface area contributed by atoms with E-state index in [0.717, 1.165) is 108 Å². The maximum atomic E-state index is 10.2. The van der Waals surface area contributed by atoms with Crippen molar-refractivity contribution >= 4 is 34.4 Å². The van der Waals surface area contributed by atoms with Crippen LogP contribution in [0.2, 0.25) is 0 Å². The molecule has 6 nitrogen and oxygen atoms in total. The molecule has 0 amide bonds. The highest BCUT2D eigenvalue weighted by molar-refractivity contribution is 7.80. The summed E-state index contributed by atoms with van der Waals surface area (Å²) in [6, 6.07) is 44.6. The lowest BCUT2D eigenvalue weighted by Gasteiger charge is -2.39. The molecule has 0 aromatic heterocycles. The molecule has 308 valence electrons. The lowest BCUT2D eigenvalue weighted by Crippen LogP contribution is -2.39. The Labute approximate surface area is 365 Å². The molecule has 0 fully saturated rings. The lowest BCUT2D eigenvalue weighted by molar-refractivity contribution is 0.332. The SMILES string of the molecule is Cc1ccc(CCCC(=S)N2CCc3cc(O)c(O)cc3C2c2ccccc2)cc1.Cc1ccc(CCCC(=S)N2CCc3cc(O)c(O)cc3C2c2ccccc2)cc1. The van der Waals surface area contributed by atoms with Crippen molar-refractivity contribution in [1.82, 2.24) is 9.80 Å². The van der Waals surface area contributed by atoms with Crippen LogP contribution < -0.4 is 0 Å². The van der Waals surface area contributed by atoms with E-state index in [9.17, 15) is 20.4 Å². The summed E-state index contributed by atoms with van der Waals surface area (Å²) in [6.07, 6.45) is 7.33. The summed E-state index contributed by atoms with van der Waals surface area (Å²) in [5, 5.41) is 40.2. The molecule has 0 aliphatic carbocycles. The number of benzene rings is 6. The first kappa shape index (κ1) is 42.4. The van der Waals surface area contributed by atoms with Gasteiger partial charge in [0.15, 0.2) is 23.0 Å². The maximum Gasteiger partial charge on any atom is 0.157 e. The van der Waals surface area contributed by atoms with Crippen molar-refractivity contribution in [1.29, 1.82) is 0 Å². The number of thiocarbonyl (C=S) groups is 2. The number of hydrogen-bond acceptors (Lipinski definition) is 6. The largest absolute Gasteiger partial charge is 0.504 e. The molecule has 0 spiro atoms. The van der Waals surface area contributed by atoms with Crippen LogP contribution in [0.3, 0.4) is 0 Å². The third kappa shape index (κ3) is 10.2. The summed E-state index contributed by atoms with van der Waals surface area (Å²) >= 11 is 11.8. The van der Waals surface area contributed by atoms with E-state index in [1.165, 1.54) is 22.3 Å². The van der Waals surface area contributed by atoms with Gasteiger partial charge in [-0.25, -0.2) is 0 Å². The normalized spacial score (nSPS) is 15.6. The molecule has 0 saturated heterocycles. The number of phenolic OH excluding ortho intramolecular Hbond substituents is 4. The van der Waals surface area contributed by atoms with Crippen molar-refractivity contribution in [2.75, 3.05) is 13.1 Å². The van der Waals surface area contributed by atoms with Gasteiger partial charge in [-0.1, -0.05) is 145 Å². The second-order valence-corrected chi connectivity index (χ2v) is 17.0. The molecular weight excluding hydrogens is 781 g/mol. The standard InChI is InChI=1S/2C26H27NO2S/c2*1-18-10-12-19(13-11-18)6-5-9-25(30)27-15-14-21-16-23(28)24(29)17-22(21)26(27)20-7-3-2-4-8-20/h2*2-4,7-8,10-13,16-17,26,28-29H,5-6,9,14-15H2,1H3. The molecule has 60 heavy (non-hydrogen) atoms. The van der Waals surface area contributed by atoms with Gasteiger partial charge < -0.3 is 30.2 Å². The van der Waals surface area contributed by atoms with Crippen LogP contribution >= 0.6 is 24.4 Å². The highest BCUT2D eigenvalue weighted by Crippen LogP contribution is 2.42. The first-order chi connectivity index (χ1) is 29.0. The van der Waals surface area contributed by atoms with Gasteiger partial charge in [-0.3, -0.25) is 0 Å². The average Bonchev–Trinajstić information content (AvgIpc) is 3.26. The summed E-state index contributed by atoms with van der Waals surface area (Å²) in [6.45, 7) is 5.82. The van der Waals surface area contributed by atoms with Crippen molar-refractivity contribution in [3.05, 3.63) is 189 Å². The Morgan fingerprint density at radius 3 is 1.22 bits per heavy atom. The van der Waals surface area contributed by atoms with Gasteiger partial charge in [-0.15, -0.1) is 0 Å². The summed E-state index contributed by atoms with van der Waals surface area (Å²) in [7, 11) is 0. The predicted octanol–water partition coefficient (Wildman–Crippen LogP) is 11.4. The zero-order valence-corrected chi connectivity index (χ0v) is 36.1. The topological polar surface area (TPSA) is 87.4 Å². The van der Waals surface area contributed by atoms with Gasteiger partial charge in [-0.05, 0) is 134 Å². The molecule has 0 saturated carbocycles. The van der Waals surface area contributed by atoms with E-state index in [2.05, 4.69) is 96.4 Å². The first-order valence-electron chi connectivity index (χ1n) is 20.9. The fraction of sp³-hybridized carbons (Fsp3) is 0.269. The maximum absolute atomic E-state index is 10.2. The summed E-state index contributed by atoms with van der Waals surface area (Å²) in [5.41, 5.74) is 11.7. The van der Waals surface area contributed by atoms with E-state index < -0.39 is 0 Å². The van der Waals surface area contributed by atoms with Gasteiger partial charge >= 0.3 is 0 Å². The minimum Gasteiger partial charge on any atom is -0.504 e. The molecule has 6 aromatic carbocycles. The number of phenols is 4. The van der Waals surface area contributed by atoms with Crippen LogP contribution in [0.15, 0.2) is 133 Å². The van der Waals surface area contributed by atoms with Crippen LogP contribution in [-0.4, -0.2) is 53.3 Å². The number of nitrogens with zero attached hydrogens (tertiary/aromatic N) is 2. The molecule has 2 aliphatic rings. The Morgan fingerprint density at radius 1 is 0.500 bits per heavy atom. The van der Waals surface area contributed by atoms with Gasteiger partial charge in [0.25, 0.3) is 0 Å². The van der Waals surface area contributed by atoms with Crippen LogP contribution in [0.1, 0.15) is 93.4 Å². The molecule has 2 heterocycles. The van der Waals surface area contributed by atoms with Crippen molar-refractivity contribution in [2.24, 2.45) is 0 Å². The van der Waals surface area contributed by atoms with E-state index >= 15 is 0 Å². The van der Waals surface area contributed by atoms with E-state index in [4.69, 9.17) is 24.4 Å². The van der Waals surface area contributed by atoms with Gasteiger partial charge in [0.05, 0.1) is 22.1 Å². The van der Waals surface area contributed by atoms with Crippen molar-refractivity contribution in [3.63, 3.8) is 0 Å². The second kappa shape index (κ2) is 19.6. The van der Waals surface area contributed by atoms with Crippen molar-refractivity contribution < 1.29 is 20.4 Å². The summed E-state index contributed by atoms with van der Waals surface area (Å²) in [4.78, 5) is 6.49. The van der Waals surface area contributed by atoms with E-state index in [0.29, 0.717) is 0 Å². The quantitative estimate of drug-likeness (QED) is 0.0802. The first-order valence-corrected chi connectivity index (χ1v) is 21.8. The van der Waals surface area contributed by atoms with Crippen LogP contribution in [0.4, 0.5) is 0 Å². The smallest absolute Gasteiger partial charge is 0.157 e. The van der Waals surface area contributed by atoms with Gasteiger partial charge in [0.1, 0.15) is 0 Å². The van der Waals surface area contributed by atoms with E-state index in [1.807, 2.05) is 36.4 Å². The van der Waals surface area contributed by atoms with Crippen LogP contribution in [0.5, 0.6) is 23.0 Å². The molecule has 0 radical (unpaired) electrons. The van der Waals surface area contributed by atoms with Gasteiger partial charge in [0.2, 0.25) is 0 Å². The Morgan fingerprint density at radius 2 is 0.850 bits per heavy atom.